The van der Waals surface area contributed by atoms with E-state index < -0.39 is 0 Å². The van der Waals surface area contributed by atoms with Crippen molar-refractivity contribution in [2.45, 2.75) is 20.4 Å². The molecule has 0 radical (unpaired) electrons. The molecule has 3 nitrogen and oxygen atoms in total. The molecular formula is C23H30N2O. The van der Waals surface area contributed by atoms with Crippen molar-refractivity contribution < 1.29 is 4.74 Å². The van der Waals surface area contributed by atoms with E-state index in [9.17, 15) is 0 Å². The largest absolute Gasteiger partial charge is 0.496 e. The first-order valence-electron chi connectivity index (χ1n) is 9.46. The van der Waals surface area contributed by atoms with Crippen LogP contribution >= 0.6 is 0 Å². The van der Waals surface area contributed by atoms with Gasteiger partial charge in [-0.1, -0.05) is 48.6 Å². The van der Waals surface area contributed by atoms with Crippen molar-refractivity contribution in [3.8, 4) is 5.75 Å². The second-order valence-corrected chi connectivity index (χ2v) is 7.14. The normalized spacial score (nSPS) is 16.3. The van der Waals surface area contributed by atoms with E-state index in [0.717, 1.165) is 45.0 Å². The van der Waals surface area contributed by atoms with Gasteiger partial charge in [0.1, 0.15) is 5.75 Å². The van der Waals surface area contributed by atoms with Crippen molar-refractivity contribution >= 4 is 6.08 Å². The first-order chi connectivity index (χ1) is 12.7. The number of rotatable bonds is 6. The molecule has 0 aliphatic carbocycles. The van der Waals surface area contributed by atoms with E-state index in [0.29, 0.717) is 0 Å². The highest BCUT2D eigenvalue weighted by atomic mass is 16.5. The summed E-state index contributed by atoms with van der Waals surface area (Å²) in [6.45, 7) is 10.9. The van der Waals surface area contributed by atoms with E-state index in [2.05, 4.69) is 78.3 Å². The summed E-state index contributed by atoms with van der Waals surface area (Å²) < 4.78 is 5.43. The van der Waals surface area contributed by atoms with E-state index in [1.54, 1.807) is 7.11 Å². The Balaban J connectivity index is 1.48. The van der Waals surface area contributed by atoms with Gasteiger partial charge in [-0.15, -0.1) is 0 Å². The number of piperazine rings is 1. The third kappa shape index (κ3) is 4.96. The van der Waals surface area contributed by atoms with Crippen LogP contribution in [0.25, 0.3) is 6.08 Å². The zero-order valence-corrected chi connectivity index (χ0v) is 16.2. The molecule has 2 aromatic carbocycles. The maximum atomic E-state index is 5.43. The van der Waals surface area contributed by atoms with Gasteiger partial charge in [0.25, 0.3) is 0 Å². The number of hydrogen-bond donors (Lipinski definition) is 0. The number of aryl methyl sites for hydroxylation is 2. The fourth-order valence-corrected chi connectivity index (χ4v) is 3.51. The number of hydrogen-bond acceptors (Lipinski definition) is 3. The summed E-state index contributed by atoms with van der Waals surface area (Å²) in [5, 5.41) is 0. The summed E-state index contributed by atoms with van der Waals surface area (Å²) in [5.41, 5.74) is 5.23. The molecule has 0 N–H and O–H groups in total. The second kappa shape index (κ2) is 9.02. The van der Waals surface area contributed by atoms with Gasteiger partial charge in [-0.05, 0) is 42.2 Å². The lowest BCUT2D eigenvalue weighted by molar-refractivity contribution is 0.137. The fraction of sp³-hybridized carbons (Fsp3) is 0.391. The van der Waals surface area contributed by atoms with Crippen LogP contribution in [0, 0.1) is 13.8 Å². The molecule has 0 saturated carbocycles. The predicted octanol–water partition coefficient (Wildman–Crippen LogP) is 4.14. The highest BCUT2D eigenvalue weighted by Gasteiger charge is 2.17. The zero-order chi connectivity index (χ0) is 18.4. The number of benzene rings is 2. The third-order valence-electron chi connectivity index (χ3n) is 5.19. The molecule has 0 atom stereocenters. The summed E-state index contributed by atoms with van der Waals surface area (Å²) >= 11 is 0. The predicted molar refractivity (Wildman–Crippen MR) is 110 cm³/mol. The SMILES string of the molecule is COc1cc(C)c(CN2CCN(CC=Cc3ccccc3)CC2)cc1C. The number of methoxy groups -OCH3 is 1. The minimum atomic E-state index is 0.987. The van der Waals surface area contributed by atoms with Crippen molar-refractivity contribution in [2.75, 3.05) is 39.8 Å². The van der Waals surface area contributed by atoms with Gasteiger partial charge in [-0.25, -0.2) is 0 Å². The smallest absolute Gasteiger partial charge is 0.122 e. The highest BCUT2D eigenvalue weighted by molar-refractivity contribution is 5.48. The molecule has 3 rings (SSSR count). The van der Waals surface area contributed by atoms with Crippen LogP contribution in [-0.4, -0.2) is 49.6 Å². The van der Waals surface area contributed by atoms with Crippen molar-refractivity contribution in [3.05, 3.63) is 70.8 Å². The Morgan fingerprint density at radius 2 is 1.62 bits per heavy atom. The molecule has 0 aromatic heterocycles. The summed E-state index contributed by atoms with van der Waals surface area (Å²) in [6, 6.07) is 15.0. The Hall–Kier alpha value is -2.10. The molecule has 1 saturated heterocycles. The molecule has 0 bridgehead atoms. The van der Waals surface area contributed by atoms with E-state index in [1.807, 2.05) is 0 Å². The molecule has 1 heterocycles. The van der Waals surface area contributed by atoms with Crippen LogP contribution in [0.5, 0.6) is 5.75 Å². The monoisotopic (exact) mass is 350 g/mol. The molecule has 2 aromatic rings. The number of nitrogens with zero attached hydrogens (tertiary/aromatic N) is 2. The third-order valence-corrected chi connectivity index (χ3v) is 5.19. The maximum absolute atomic E-state index is 5.43. The first kappa shape index (κ1) is 18.7. The van der Waals surface area contributed by atoms with Gasteiger partial charge in [0, 0.05) is 39.3 Å². The molecule has 1 aliphatic heterocycles. The zero-order valence-electron chi connectivity index (χ0n) is 16.2. The quantitative estimate of drug-likeness (QED) is 0.779. The van der Waals surface area contributed by atoms with Gasteiger partial charge in [-0.2, -0.15) is 0 Å². The first-order valence-corrected chi connectivity index (χ1v) is 9.46. The molecule has 26 heavy (non-hydrogen) atoms. The maximum Gasteiger partial charge on any atom is 0.122 e. The lowest BCUT2D eigenvalue weighted by Gasteiger charge is -2.34. The molecular weight excluding hydrogens is 320 g/mol. The topological polar surface area (TPSA) is 15.7 Å². The van der Waals surface area contributed by atoms with Gasteiger partial charge < -0.3 is 4.74 Å². The van der Waals surface area contributed by atoms with Crippen molar-refractivity contribution in [2.24, 2.45) is 0 Å². The molecule has 138 valence electrons. The Morgan fingerprint density at radius 1 is 0.923 bits per heavy atom. The average molecular weight is 351 g/mol. The summed E-state index contributed by atoms with van der Waals surface area (Å²) in [7, 11) is 1.74. The molecule has 1 aliphatic rings. The van der Waals surface area contributed by atoms with Crippen LogP contribution in [0.3, 0.4) is 0 Å². The van der Waals surface area contributed by atoms with Crippen molar-refractivity contribution in [1.82, 2.24) is 9.80 Å². The van der Waals surface area contributed by atoms with Crippen molar-refractivity contribution in [1.29, 1.82) is 0 Å². The Labute approximate surface area is 157 Å². The molecule has 0 spiro atoms. The Kier molecular flexibility index (Phi) is 6.48. The molecule has 1 fully saturated rings. The van der Waals surface area contributed by atoms with E-state index in [4.69, 9.17) is 4.74 Å². The van der Waals surface area contributed by atoms with Crippen LogP contribution in [0.2, 0.25) is 0 Å². The van der Waals surface area contributed by atoms with Crippen LogP contribution in [0.4, 0.5) is 0 Å². The van der Waals surface area contributed by atoms with Crippen LogP contribution in [0.1, 0.15) is 22.3 Å². The van der Waals surface area contributed by atoms with Crippen LogP contribution in [0.15, 0.2) is 48.5 Å². The summed E-state index contributed by atoms with van der Waals surface area (Å²) in [5.74, 6) is 0.987. The molecule has 3 heteroatoms. The molecule has 0 unspecified atom stereocenters. The number of ether oxygens (including phenoxy) is 1. The standard InChI is InChI=1S/C23H30N2O/c1-19-17-23(26-3)20(2)16-22(19)18-25-14-12-24(13-15-25)11-7-10-21-8-5-4-6-9-21/h4-10,16-17H,11-15,18H2,1-3H3. The Bertz CT molecular complexity index is 731. The van der Waals surface area contributed by atoms with Gasteiger partial charge >= 0.3 is 0 Å². The Morgan fingerprint density at radius 3 is 2.31 bits per heavy atom. The van der Waals surface area contributed by atoms with E-state index in [-0.39, 0.29) is 0 Å². The van der Waals surface area contributed by atoms with Crippen LogP contribution in [-0.2, 0) is 6.54 Å². The second-order valence-electron chi connectivity index (χ2n) is 7.14. The highest BCUT2D eigenvalue weighted by Crippen LogP contribution is 2.23. The molecule has 0 amide bonds. The summed E-state index contributed by atoms with van der Waals surface area (Å²) in [4.78, 5) is 5.09. The summed E-state index contributed by atoms with van der Waals surface area (Å²) in [6.07, 6.45) is 4.50. The van der Waals surface area contributed by atoms with Gasteiger partial charge in [-0.3, -0.25) is 9.80 Å². The van der Waals surface area contributed by atoms with E-state index >= 15 is 0 Å². The van der Waals surface area contributed by atoms with Crippen molar-refractivity contribution in [3.63, 3.8) is 0 Å². The fourth-order valence-electron chi connectivity index (χ4n) is 3.51. The average Bonchev–Trinajstić information content (AvgIpc) is 2.66. The van der Waals surface area contributed by atoms with Gasteiger partial charge in [0.15, 0.2) is 0 Å². The van der Waals surface area contributed by atoms with E-state index in [1.165, 1.54) is 22.3 Å². The lowest BCUT2D eigenvalue weighted by atomic mass is 10.0. The minimum Gasteiger partial charge on any atom is -0.496 e. The van der Waals surface area contributed by atoms with Crippen LogP contribution < -0.4 is 4.74 Å². The lowest BCUT2D eigenvalue weighted by Crippen LogP contribution is -2.45. The van der Waals surface area contributed by atoms with Gasteiger partial charge in [0.05, 0.1) is 7.11 Å². The van der Waals surface area contributed by atoms with Gasteiger partial charge in [0.2, 0.25) is 0 Å². The minimum absolute atomic E-state index is 0.987.